The number of nitrogens with zero attached hydrogens (tertiary/aromatic N) is 2. The minimum atomic E-state index is -0.230. The third kappa shape index (κ3) is 5.52. The lowest BCUT2D eigenvalue weighted by atomic mass is 10.0. The van der Waals surface area contributed by atoms with Crippen molar-refractivity contribution in [1.29, 1.82) is 0 Å². The Hall–Kier alpha value is -1.96. The number of nitrogens with one attached hydrogen (secondary N) is 1. The van der Waals surface area contributed by atoms with Gasteiger partial charge in [-0.05, 0) is 35.6 Å². The number of rotatable bonds is 7. The number of thiophene rings is 1. The van der Waals surface area contributed by atoms with E-state index in [1.54, 1.807) is 23.5 Å². The van der Waals surface area contributed by atoms with E-state index in [2.05, 4.69) is 26.7 Å². The lowest BCUT2D eigenvalue weighted by Gasteiger charge is -2.34. The first-order valence-corrected chi connectivity index (χ1v) is 9.74. The topological polar surface area (TPSA) is 62.9 Å². The highest BCUT2D eigenvalue weighted by Crippen LogP contribution is 2.23. The zero-order valence-corrected chi connectivity index (χ0v) is 15.6. The second-order valence-corrected chi connectivity index (χ2v) is 7.23. The van der Waals surface area contributed by atoms with Gasteiger partial charge in [-0.15, -0.1) is 11.3 Å². The maximum Gasteiger partial charge on any atom is 0.188 e. The molecule has 1 aliphatic heterocycles. The monoisotopic (exact) mass is 376 g/mol. The highest BCUT2D eigenvalue weighted by Gasteiger charge is 2.22. The van der Waals surface area contributed by atoms with Crippen molar-refractivity contribution < 1.29 is 9.13 Å². The molecule has 1 aromatic heterocycles. The number of ether oxygens (including phenoxy) is 1. The molecule has 1 saturated heterocycles. The van der Waals surface area contributed by atoms with Crippen LogP contribution in [-0.4, -0.2) is 50.3 Å². The van der Waals surface area contributed by atoms with Crippen LogP contribution in [0.5, 0.6) is 0 Å². The van der Waals surface area contributed by atoms with Crippen molar-refractivity contribution in [1.82, 2.24) is 10.2 Å². The molecule has 1 unspecified atom stereocenters. The molecule has 3 rings (SSSR count). The summed E-state index contributed by atoms with van der Waals surface area (Å²) in [4.78, 5) is 8.10. The molecule has 0 spiro atoms. The van der Waals surface area contributed by atoms with E-state index in [-0.39, 0.29) is 11.9 Å². The predicted octanol–water partition coefficient (Wildman–Crippen LogP) is 2.41. The fraction of sp³-hybridized carbons (Fsp3) is 0.421. The van der Waals surface area contributed by atoms with E-state index in [4.69, 9.17) is 10.5 Å². The lowest BCUT2D eigenvalue weighted by molar-refractivity contribution is 0.0179. The molecule has 26 heavy (non-hydrogen) atoms. The molecule has 2 aromatic rings. The number of benzene rings is 1. The van der Waals surface area contributed by atoms with Gasteiger partial charge in [0.15, 0.2) is 5.96 Å². The van der Waals surface area contributed by atoms with Crippen molar-refractivity contribution in [2.45, 2.75) is 12.5 Å². The average Bonchev–Trinajstić information content (AvgIpc) is 3.16. The largest absolute Gasteiger partial charge is 0.379 e. The maximum atomic E-state index is 13.7. The second-order valence-electron chi connectivity index (χ2n) is 6.20. The summed E-state index contributed by atoms with van der Waals surface area (Å²) in [5.74, 6) is 0.197. The smallest absolute Gasteiger partial charge is 0.188 e. The van der Waals surface area contributed by atoms with Crippen molar-refractivity contribution >= 4 is 17.3 Å². The van der Waals surface area contributed by atoms with Crippen LogP contribution in [0, 0.1) is 5.82 Å². The van der Waals surface area contributed by atoms with E-state index in [0.717, 1.165) is 31.6 Å². The van der Waals surface area contributed by atoms with Crippen molar-refractivity contribution in [3.8, 4) is 0 Å². The van der Waals surface area contributed by atoms with Gasteiger partial charge in [0.25, 0.3) is 0 Å². The fourth-order valence-electron chi connectivity index (χ4n) is 3.04. The molecule has 1 fully saturated rings. The Balaban J connectivity index is 1.60. The van der Waals surface area contributed by atoms with Crippen molar-refractivity contribution in [2.24, 2.45) is 10.7 Å². The van der Waals surface area contributed by atoms with Crippen LogP contribution in [0.1, 0.15) is 16.5 Å². The van der Waals surface area contributed by atoms with E-state index in [1.165, 1.54) is 10.9 Å². The van der Waals surface area contributed by atoms with E-state index in [1.807, 2.05) is 12.1 Å². The van der Waals surface area contributed by atoms with E-state index in [0.29, 0.717) is 25.7 Å². The summed E-state index contributed by atoms with van der Waals surface area (Å²) in [6, 6.07) is 10.9. The van der Waals surface area contributed by atoms with E-state index in [9.17, 15) is 4.39 Å². The molecule has 0 saturated carbocycles. The first kappa shape index (κ1) is 18.8. The Bertz CT molecular complexity index is 701. The number of halogens is 1. The number of nitrogens with two attached hydrogens (primary N) is 1. The molecule has 1 aliphatic rings. The van der Waals surface area contributed by atoms with Gasteiger partial charge in [0.1, 0.15) is 5.82 Å². The van der Waals surface area contributed by atoms with Crippen LogP contribution in [0.3, 0.4) is 0 Å². The number of hydrogen-bond donors (Lipinski definition) is 2. The molecule has 3 N–H and O–H groups in total. The summed E-state index contributed by atoms with van der Waals surface area (Å²) in [5, 5.41) is 5.23. The molecule has 0 aliphatic carbocycles. The Morgan fingerprint density at radius 2 is 2.15 bits per heavy atom. The normalized spacial score (nSPS) is 17.2. The molecule has 1 atom stereocenters. The van der Waals surface area contributed by atoms with Crippen LogP contribution in [0.25, 0.3) is 0 Å². The Kier molecular flexibility index (Phi) is 6.99. The van der Waals surface area contributed by atoms with Crippen LogP contribution >= 0.6 is 11.3 Å². The van der Waals surface area contributed by atoms with Gasteiger partial charge < -0.3 is 15.8 Å². The molecule has 2 heterocycles. The van der Waals surface area contributed by atoms with Gasteiger partial charge in [0, 0.05) is 24.5 Å². The fourth-order valence-corrected chi connectivity index (χ4v) is 3.75. The molecule has 5 nitrogen and oxygen atoms in total. The van der Waals surface area contributed by atoms with E-state index < -0.39 is 0 Å². The summed E-state index contributed by atoms with van der Waals surface area (Å²) in [6.45, 7) is 4.22. The van der Waals surface area contributed by atoms with Crippen molar-refractivity contribution in [2.75, 3.05) is 39.4 Å². The summed E-state index contributed by atoms with van der Waals surface area (Å²) >= 11 is 1.74. The number of aliphatic imine (C=N–C) groups is 1. The predicted molar refractivity (Wildman–Crippen MR) is 104 cm³/mol. The quantitative estimate of drug-likeness (QED) is 0.575. The van der Waals surface area contributed by atoms with Crippen molar-refractivity contribution in [3.63, 3.8) is 0 Å². The van der Waals surface area contributed by atoms with Gasteiger partial charge in [-0.2, -0.15) is 0 Å². The Morgan fingerprint density at radius 1 is 1.31 bits per heavy atom. The lowest BCUT2D eigenvalue weighted by Crippen LogP contribution is -2.41. The maximum absolute atomic E-state index is 13.7. The molecule has 0 radical (unpaired) electrons. The van der Waals surface area contributed by atoms with Crippen LogP contribution in [0.4, 0.5) is 4.39 Å². The van der Waals surface area contributed by atoms with Gasteiger partial charge in [-0.25, -0.2) is 4.39 Å². The van der Waals surface area contributed by atoms with Crippen molar-refractivity contribution in [3.05, 3.63) is 58.0 Å². The summed E-state index contributed by atoms with van der Waals surface area (Å²) in [5.41, 5.74) is 6.94. The first-order chi connectivity index (χ1) is 12.7. The summed E-state index contributed by atoms with van der Waals surface area (Å²) in [7, 11) is 0. The van der Waals surface area contributed by atoms with Crippen LogP contribution in [0.15, 0.2) is 46.8 Å². The van der Waals surface area contributed by atoms with Gasteiger partial charge in [-0.3, -0.25) is 9.89 Å². The molecule has 140 valence electrons. The third-order valence-corrected chi connectivity index (χ3v) is 5.35. The van der Waals surface area contributed by atoms with Crippen LogP contribution in [0.2, 0.25) is 0 Å². The van der Waals surface area contributed by atoms with Gasteiger partial charge >= 0.3 is 0 Å². The molecule has 0 bridgehead atoms. The summed E-state index contributed by atoms with van der Waals surface area (Å²) < 4.78 is 19.1. The summed E-state index contributed by atoms with van der Waals surface area (Å²) in [6.07, 6.45) is 0.921. The SMILES string of the molecule is NC(=NCC(c1cccc(F)c1)N1CCOCC1)NCCc1cccs1. The molecule has 7 heteroatoms. The highest BCUT2D eigenvalue weighted by molar-refractivity contribution is 7.09. The first-order valence-electron chi connectivity index (χ1n) is 8.86. The molecular weight excluding hydrogens is 351 g/mol. The minimum absolute atomic E-state index is 0.00718. The Morgan fingerprint density at radius 3 is 2.88 bits per heavy atom. The van der Waals surface area contributed by atoms with Gasteiger partial charge in [0.2, 0.25) is 0 Å². The third-order valence-electron chi connectivity index (χ3n) is 4.41. The van der Waals surface area contributed by atoms with Gasteiger partial charge in [-0.1, -0.05) is 18.2 Å². The zero-order chi connectivity index (χ0) is 18.2. The Labute approximate surface area is 157 Å². The second kappa shape index (κ2) is 9.66. The molecule has 0 amide bonds. The van der Waals surface area contributed by atoms with Crippen LogP contribution in [-0.2, 0) is 11.2 Å². The average molecular weight is 377 g/mol. The zero-order valence-electron chi connectivity index (χ0n) is 14.7. The van der Waals surface area contributed by atoms with E-state index >= 15 is 0 Å². The molecule has 1 aromatic carbocycles. The standard InChI is InChI=1S/C19H25FN4OS/c20-16-4-1-3-15(13-16)18(24-8-10-25-11-9-24)14-23-19(21)22-7-6-17-5-2-12-26-17/h1-5,12-13,18H,6-11,14H2,(H3,21,22,23). The minimum Gasteiger partial charge on any atom is -0.379 e. The number of morpholine rings is 1. The van der Waals surface area contributed by atoms with Crippen LogP contribution < -0.4 is 11.1 Å². The number of hydrogen-bond acceptors (Lipinski definition) is 4. The van der Waals surface area contributed by atoms with Gasteiger partial charge in [0.05, 0.1) is 25.8 Å². The molecular formula is C19H25FN4OS. The number of guanidine groups is 1. The highest BCUT2D eigenvalue weighted by atomic mass is 32.1.